The van der Waals surface area contributed by atoms with Gasteiger partial charge in [0.05, 0.1) is 22.3 Å². The van der Waals surface area contributed by atoms with Crippen LogP contribution >= 0.6 is 0 Å². The van der Waals surface area contributed by atoms with E-state index in [2.05, 4.69) is 273 Å². The van der Waals surface area contributed by atoms with E-state index in [9.17, 15) is 32.3 Å². The summed E-state index contributed by atoms with van der Waals surface area (Å²) >= 11 is 0. The fourth-order valence-electron chi connectivity index (χ4n) is 22.3. The summed E-state index contributed by atoms with van der Waals surface area (Å²) < 4.78 is 48.9. The molecule has 0 atom stereocenters. The van der Waals surface area contributed by atoms with E-state index in [0.29, 0.717) is 0 Å². The molecular formula is C120H163F3N18O4. The third-order valence-electron chi connectivity index (χ3n) is 31.5. The van der Waals surface area contributed by atoms with Crippen molar-refractivity contribution in [3.8, 4) is 0 Å². The van der Waals surface area contributed by atoms with E-state index in [-0.39, 0.29) is 41.1 Å². The van der Waals surface area contributed by atoms with Crippen LogP contribution in [0.3, 0.4) is 0 Å². The standard InChI is InChI=1S/C31H42FN5O.C31H43N5O.C30H41FN4O.C28H37FN4O/c1-24-5-10-29-28(23-24)30(25(2)37(29)13-4-12-34-17-15-33(3)16-18-34)31(38)36-21-19-35(20-22-36)14-11-26-6-8-27(32)9-7-26;1-25-10-11-29-28(24-25)30(26(2)36(29)14-7-13-33-18-16-32(3)17-19-33)31(37)35-22-20-34(21-23-35)15-12-27-8-5-4-6-9-27;1-5-32(6-2)15-7-16-35-24(4)29(27-22-23(3)8-13-28(27)35)30(36)34-20-18-33(19-21-34)17-14-25-9-11-26(31)12-10-25;1-21-6-11-26-25(20-21)27(22(2)33(26)14-5-13-30(3)4)28(34)32-18-16-31(17-19-32)15-12-23-7-9-24(29)10-8-23/h5-10,23H,4,11-22H2,1-3H3;4-6,8-11,24H,7,12-23H2,1-3H3;8-13,22H,5-7,14-21H2,1-4H3;6-11,20H,5,12-19H2,1-4H3. The Morgan fingerprint density at radius 2 is 0.503 bits per heavy atom. The Labute approximate surface area is 861 Å². The molecule has 18 rings (SSSR count). The zero-order valence-electron chi connectivity index (χ0n) is 89.6. The number of hydrogen-bond donors (Lipinski definition) is 0. The number of aryl methyl sites for hydroxylation is 8. The van der Waals surface area contributed by atoms with Crippen LogP contribution in [0.5, 0.6) is 0 Å². The molecule has 6 aliphatic heterocycles. The molecule has 22 nitrogen and oxygen atoms in total. The lowest BCUT2D eigenvalue weighted by atomic mass is 10.1. The average Bonchev–Trinajstić information content (AvgIpc) is 1.62. The first-order valence-electron chi connectivity index (χ1n) is 54.0. The number of nitrogens with zero attached hydrogens (tertiary/aromatic N) is 18. The third kappa shape index (κ3) is 28.6. The molecule has 0 spiro atoms. The Morgan fingerprint density at radius 3 is 0.759 bits per heavy atom. The Hall–Kier alpha value is -10.8. The predicted octanol–water partition coefficient (Wildman–Crippen LogP) is 17.4. The van der Waals surface area contributed by atoms with Crippen LogP contribution in [0.15, 0.2) is 176 Å². The zero-order chi connectivity index (χ0) is 102. The SMILES string of the molecule is CCN(CC)CCCn1c(C)c(C(=O)N2CCN(CCc3ccc(F)cc3)CC2)c2cc(C)ccc21.Cc1ccc2c(c1)c(C(=O)N1CCN(CCc3ccc(F)cc3)CC1)c(C)n2CCCN(C)C.Cc1ccc2c(c1)c(C(=O)N1CCN(CCc3ccc(F)cc3)CC1)c(C)n2CCCN1CCN(C)CC1.Cc1ccc2c(c1)c(C(=O)N1CCN(CCc3ccccc3)CC1)c(C)n2CCCN1CCN(C)CC1. The van der Waals surface area contributed by atoms with Crippen molar-refractivity contribution in [3.63, 3.8) is 0 Å². The van der Waals surface area contributed by atoms with Gasteiger partial charge in [-0.05, 0) is 281 Å². The number of halogens is 3. The van der Waals surface area contributed by atoms with Crippen molar-refractivity contribution in [2.75, 3.05) is 251 Å². The van der Waals surface area contributed by atoms with Gasteiger partial charge in [-0.1, -0.05) is 127 Å². The van der Waals surface area contributed by atoms with Crippen molar-refractivity contribution in [2.24, 2.45) is 0 Å². The van der Waals surface area contributed by atoms with Crippen molar-refractivity contribution in [3.05, 3.63) is 283 Å². The van der Waals surface area contributed by atoms with Crippen molar-refractivity contribution in [1.29, 1.82) is 0 Å². The number of benzene rings is 8. The molecule has 25 heteroatoms. The molecule has 4 amide bonds. The molecule has 6 aliphatic rings. The molecular weight excluding hydrogens is 1810 g/mol. The van der Waals surface area contributed by atoms with Crippen molar-refractivity contribution < 1.29 is 32.3 Å². The van der Waals surface area contributed by atoms with E-state index >= 15 is 0 Å². The summed E-state index contributed by atoms with van der Waals surface area (Å²) in [7, 11) is 8.59. The van der Waals surface area contributed by atoms with E-state index in [1.54, 1.807) is 0 Å². The first kappa shape index (κ1) is 108. The molecule has 10 heterocycles. The number of likely N-dealkylation sites (N-methyl/N-ethyl adjacent to an activating group) is 2. The van der Waals surface area contributed by atoms with Gasteiger partial charge >= 0.3 is 0 Å². The number of amides is 4. The van der Waals surface area contributed by atoms with Crippen LogP contribution < -0.4 is 0 Å². The normalized spacial score (nSPS) is 16.5. The number of carbonyl (C=O) groups excluding carboxylic acids is 4. The van der Waals surface area contributed by atoms with Gasteiger partial charge in [-0.3, -0.25) is 38.8 Å². The van der Waals surface area contributed by atoms with Gasteiger partial charge in [0.25, 0.3) is 23.6 Å². The third-order valence-corrected chi connectivity index (χ3v) is 31.5. The number of rotatable bonds is 34. The lowest BCUT2D eigenvalue weighted by molar-refractivity contribution is 0.0633. The maximum Gasteiger partial charge on any atom is 0.256 e. The zero-order valence-corrected chi connectivity index (χ0v) is 89.6. The van der Waals surface area contributed by atoms with Crippen LogP contribution in [0.2, 0.25) is 0 Å². The van der Waals surface area contributed by atoms with E-state index in [1.165, 1.54) is 80.8 Å². The number of fused-ring (bicyclic) bond motifs is 4. The smallest absolute Gasteiger partial charge is 0.256 e. The molecule has 8 aromatic carbocycles. The molecule has 0 radical (unpaired) electrons. The highest BCUT2D eigenvalue weighted by Gasteiger charge is 2.34. The van der Waals surface area contributed by atoms with Gasteiger partial charge in [0, 0.05) is 276 Å². The van der Waals surface area contributed by atoms with Crippen LogP contribution in [0.1, 0.15) is 148 Å². The highest BCUT2D eigenvalue weighted by molar-refractivity contribution is 6.11. The summed E-state index contributed by atoms with van der Waals surface area (Å²) in [4.78, 5) is 87.7. The van der Waals surface area contributed by atoms with Crippen LogP contribution in [0.25, 0.3) is 43.6 Å². The first-order chi connectivity index (χ1) is 70.1. The average molecular weight is 1980 g/mol. The predicted molar refractivity (Wildman–Crippen MR) is 588 cm³/mol. The maximum atomic E-state index is 13.9. The number of piperazine rings is 6. The lowest BCUT2D eigenvalue weighted by Crippen LogP contribution is -2.49. The topological polar surface area (TPSA) is 133 Å². The van der Waals surface area contributed by atoms with Gasteiger partial charge in [-0.25, -0.2) is 13.2 Å². The quantitative estimate of drug-likeness (QED) is 0.0379. The van der Waals surface area contributed by atoms with Gasteiger partial charge in [-0.15, -0.1) is 0 Å². The highest BCUT2D eigenvalue weighted by atomic mass is 19.1. The molecule has 12 aromatic rings. The minimum atomic E-state index is -0.194. The largest absolute Gasteiger partial charge is 0.344 e. The summed E-state index contributed by atoms with van der Waals surface area (Å²) in [5, 5.41) is 4.37. The molecule has 0 N–H and O–H groups in total. The van der Waals surface area contributed by atoms with Gasteiger partial charge < -0.3 is 67.3 Å². The molecule has 0 unspecified atom stereocenters. The summed E-state index contributed by atoms with van der Waals surface area (Å²) in [5.41, 5.74) is 22.2. The summed E-state index contributed by atoms with van der Waals surface area (Å²) in [6.45, 7) is 57.6. The first-order valence-corrected chi connectivity index (χ1v) is 54.0. The number of aromatic nitrogens is 4. The Kier molecular flexibility index (Phi) is 39.0. The second kappa shape index (κ2) is 52.2. The van der Waals surface area contributed by atoms with Crippen LogP contribution in [0, 0.1) is 72.8 Å². The molecule has 778 valence electrons. The van der Waals surface area contributed by atoms with Crippen molar-refractivity contribution in [1.82, 2.24) is 86.9 Å². The Morgan fingerprint density at radius 1 is 0.269 bits per heavy atom. The van der Waals surface area contributed by atoms with E-state index in [4.69, 9.17) is 0 Å². The molecule has 0 bridgehead atoms. The molecule has 145 heavy (non-hydrogen) atoms. The fourth-order valence-corrected chi connectivity index (χ4v) is 22.3. The van der Waals surface area contributed by atoms with Crippen molar-refractivity contribution >= 4 is 67.2 Å². The maximum absolute atomic E-state index is 13.9. The van der Waals surface area contributed by atoms with E-state index in [0.717, 1.165) is 389 Å². The van der Waals surface area contributed by atoms with Crippen LogP contribution in [-0.4, -0.2) is 361 Å². The summed E-state index contributed by atoms with van der Waals surface area (Å²) in [6.07, 6.45) is 8.06. The monoisotopic (exact) mass is 1980 g/mol. The second-order valence-electron chi connectivity index (χ2n) is 42.0. The number of carbonyl (C=O) groups is 4. The Bertz CT molecular complexity index is 6220. The molecule has 6 saturated heterocycles. The molecule has 4 aromatic heterocycles. The van der Waals surface area contributed by atoms with Gasteiger partial charge in [0.2, 0.25) is 0 Å². The molecule has 6 fully saturated rings. The minimum Gasteiger partial charge on any atom is -0.344 e. The van der Waals surface area contributed by atoms with E-state index < -0.39 is 0 Å². The molecule has 0 saturated carbocycles. The highest BCUT2D eigenvalue weighted by Crippen LogP contribution is 2.35. The van der Waals surface area contributed by atoms with Gasteiger partial charge in [0.1, 0.15) is 17.5 Å². The lowest BCUT2D eigenvalue weighted by Gasteiger charge is -2.35. The van der Waals surface area contributed by atoms with E-state index in [1.807, 2.05) is 51.1 Å². The van der Waals surface area contributed by atoms with Gasteiger partial charge in [0.15, 0.2) is 0 Å². The summed E-state index contributed by atoms with van der Waals surface area (Å²) in [5.74, 6) is 0.0916. The summed E-state index contributed by atoms with van der Waals surface area (Å²) in [6, 6.07) is 57.1. The van der Waals surface area contributed by atoms with Crippen molar-refractivity contribution in [2.45, 2.75) is 147 Å². The minimum absolute atomic E-state index is 0.151. The van der Waals surface area contributed by atoms with Gasteiger partial charge in [-0.2, -0.15) is 0 Å². The fraction of sp³-hybridized carbons (Fsp3) is 0.500. The van der Waals surface area contributed by atoms with Crippen LogP contribution in [-0.2, 0) is 51.9 Å². The Balaban J connectivity index is 0.000000145. The second-order valence-corrected chi connectivity index (χ2v) is 42.0. The number of hydrogen-bond acceptors (Lipinski definition) is 14. The van der Waals surface area contributed by atoms with Crippen LogP contribution in [0.4, 0.5) is 13.2 Å². The molecule has 0 aliphatic carbocycles.